The summed E-state index contributed by atoms with van der Waals surface area (Å²) in [5.41, 5.74) is 2.58. The normalized spacial score (nSPS) is 51.3. The summed E-state index contributed by atoms with van der Waals surface area (Å²) in [5.74, 6) is 1.04. The summed E-state index contributed by atoms with van der Waals surface area (Å²) < 4.78 is 0. The molecule has 4 aliphatic rings. The van der Waals surface area contributed by atoms with E-state index in [2.05, 4.69) is 39.8 Å². The number of carbonyl (C=O) groups is 1. The van der Waals surface area contributed by atoms with Gasteiger partial charge in [0.1, 0.15) is 6.29 Å². The van der Waals surface area contributed by atoms with Crippen LogP contribution in [0.3, 0.4) is 0 Å². The highest BCUT2D eigenvalue weighted by Gasteiger charge is 2.63. The molecule has 0 saturated heterocycles. The van der Waals surface area contributed by atoms with Crippen LogP contribution in [0.2, 0.25) is 0 Å². The minimum absolute atomic E-state index is 0.0377. The first-order valence-corrected chi connectivity index (χ1v) is 11.3. The van der Waals surface area contributed by atoms with Gasteiger partial charge in [-0.2, -0.15) is 0 Å². The highest BCUT2D eigenvalue weighted by Crippen LogP contribution is 2.71. The molecule has 3 heteroatoms. The maximum absolute atomic E-state index is 12.1. The molecule has 2 N–H and O–H groups in total. The van der Waals surface area contributed by atoms with Crippen LogP contribution >= 0.6 is 0 Å². The Morgan fingerprint density at radius 3 is 2.50 bits per heavy atom. The maximum atomic E-state index is 12.1. The van der Waals surface area contributed by atoms with Gasteiger partial charge < -0.3 is 15.0 Å². The van der Waals surface area contributed by atoms with Crippen LogP contribution in [0.4, 0.5) is 0 Å². The fraction of sp³-hybridized carbons (Fsp3) is 0.800. The van der Waals surface area contributed by atoms with E-state index in [1.165, 1.54) is 24.0 Å². The zero-order chi connectivity index (χ0) is 20.5. The molecular formula is C25H38O3. The van der Waals surface area contributed by atoms with Gasteiger partial charge in [0.05, 0.1) is 11.5 Å². The predicted octanol–water partition coefficient (Wildman–Crippen LogP) is 4.68. The third kappa shape index (κ3) is 2.27. The van der Waals surface area contributed by atoms with Crippen molar-refractivity contribution in [2.45, 2.75) is 79.2 Å². The van der Waals surface area contributed by atoms with Gasteiger partial charge >= 0.3 is 0 Å². The molecular weight excluding hydrogens is 348 g/mol. The molecule has 2 fully saturated rings. The molecule has 8 atom stereocenters. The van der Waals surface area contributed by atoms with Crippen molar-refractivity contribution in [2.24, 2.45) is 39.4 Å². The minimum Gasteiger partial charge on any atom is -0.396 e. The van der Waals surface area contributed by atoms with Crippen molar-refractivity contribution >= 4 is 6.29 Å². The highest BCUT2D eigenvalue weighted by molar-refractivity contribution is 5.63. The number of aliphatic hydroxyl groups is 2. The van der Waals surface area contributed by atoms with Crippen molar-refractivity contribution in [1.82, 2.24) is 0 Å². The summed E-state index contributed by atoms with van der Waals surface area (Å²) >= 11 is 0. The number of carbonyl (C=O) groups excluding carboxylic acids is 1. The van der Waals surface area contributed by atoms with Crippen molar-refractivity contribution < 1.29 is 15.0 Å². The average molecular weight is 387 g/mol. The number of aldehydes is 1. The fourth-order valence-electron chi connectivity index (χ4n) is 7.99. The molecule has 0 aromatic rings. The summed E-state index contributed by atoms with van der Waals surface area (Å²) in [7, 11) is 0. The molecule has 156 valence electrons. The van der Waals surface area contributed by atoms with Crippen LogP contribution in [0.5, 0.6) is 0 Å². The quantitative estimate of drug-likeness (QED) is 0.693. The first-order chi connectivity index (χ1) is 13.1. The number of rotatable bonds is 3. The van der Waals surface area contributed by atoms with Gasteiger partial charge in [-0.1, -0.05) is 46.8 Å². The Labute approximate surface area is 170 Å². The monoisotopic (exact) mass is 386 g/mol. The van der Waals surface area contributed by atoms with E-state index < -0.39 is 11.5 Å². The zero-order valence-corrected chi connectivity index (χ0v) is 18.3. The van der Waals surface area contributed by atoms with Crippen molar-refractivity contribution in [3.63, 3.8) is 0 Å². The topological polar surface area (TPSA) is 57.5 Å². The lowest BCUT2D eigenvalue weighted by atomic mass is 9.44. The minimum atomic E-state index is -0.666. The number of fused-ring (bicyclic) bond motifs is 5. The zero-order valence-electron chi connectivity index (χ0n) is 18.3. The van der Waals surface area contributed by atoms with E-state index in [1.54, 1.807) is 0 Å². The van der Waals surface area contributed by atoms with E-state index in [4.69, 9.17) is 0 Å². The van der Waals surface area contributed by atoms with E-state index in [0.29, 0.717) is 18.3 Å². The maximum Gasteiger partial charge on any atom is 0.128 e. The molecule has 0 aromatic heterocycles. The van der Waals surface area contributed by atoms with Crippen LogP contribution in [0, 0.1) is 39.4 Å². The molecule has 2 saturated carbocycles. The largest absolute Gasteiger partial charge is 0.396 e. The first-order valence-electron chi connectivity index (χ1n) is 11.3. The molecule has 3 nitrogen and oxygen atoms in total. The Morgan fingerprint density at radius 1 is 1.14 bits per heavy atom. The Hall–Kier alpha value is -0.930. The molecule has 4 aliphatic carbocycles. The number of hydrogen-bond donors (Lipinski definition) is 2. The number of hydrogen-bond acceptors (Lipinski definition) is 3. The molecule has 4 rings (SSSR count). The molecule has 0 radical (unpaired) electrons. The van der Waals surface area contributed by atoms with Gasteiger partial charge in [-0.15, -0.1) is 0 Å². The Bertz CT molecular complexity index is 738. The van der Waals surface area contributed by atoms with Crippen LogP contribution in [-0.4, -0.2) is 29.2 Å². The number of allylic oxidation sites excluding steroid dienone is 4. The third-order valence-corrected chi connectivity index (χ3v) is 10.2. The van der Waals surface area contributed by atoms with Crippen LogP contribution in [0.25, 0.3) is 0 Å². The van der Waals surface area contributed by atoms with Gasteiger partial charge in [-0.25, -0.2) is 0 Å². The lowest BCUT2D eigenvalue weighted by molar-refractivity contribution is -0.139. The van der Waals surface area contributed by atoms with Crippen LogP contribution < -0.4 is 0 Å². The second-order valence-corrected chi connectivity index (χ2v) is 11.2. The van der Waals surface area contributed by atoms with Crippen LogP contribution in [0.1, 0.15) is 73.1 Å². The van der Waals surface area contributed by atoms with E-state index >= 15 is 0 Å². The second-order valence-electron chi connectivity index (χ2n) is 11.2. The second kappa shape index (κ2) is 6.28. The van der Waals surface area contributed by atoms with Gasteiger partial charge in [0.2, 0.25) is 0 Å². The summed E-state index contributed by atoms with van der Waals surface area (Å²) in [6, 6.07) is 0. The van der Waals surface area contributed by atoms with E-state index in [9.17, 15) is 15.0 Å². The van der Waals surface area contributed by atoms with Crippen molar-refractivity contribution in [3.05, 3.63) is 23.3 Å². The lowest BCUT2D eigenvalue weighted by Crippen LogP contribution is -2.56. The molecule has 0 aliphatic heterocycles. The average Bonchev–Trinajstić information content (AvgIpc) is 2.96. The summed E-state index contributed by atoms with van der Waals surface area (Å²) in [6.07, 6.45) is 11.3. The number of aliphatic hydroxyl groups excluding tert-OH is 2. The summed E-state index contributed by atoms with van der Waals surface area (Å²) in [5, 5.41) is 20.5. The molecule has 0 bridgehead atoms. The van der Waals surface area contributed by atoms with Crippen molar-refractivity contribution in [2.75, 3.05) is 6.61 Å². The van der Waals surface area contributed by atoms with Gasteiger partial charge in [0, 0.05) is 6.61 Å². The lowest BCUT2D eigenvalue weighted by Gasteiger charge is -2.60. The highest BCUT2D eigenvalue weighted by atomic mass is 16.3. The molecule has 0 heterocycles. The fourth-order valence-corrected chi connectivity index (χ4v) is 7.99. The SMILES string of the molecule is CC(CO)[C@H]1CC[C@@]2(C)C3=CC[C@H]4[C@@](C)(C=O)[C@@H](O)CC[C@]4(C)C3=CC[C@]12C. The third-order valence-electron chi connectivity index (χ3n) is 10.2. The molecule has 1 unspecified atom stereocenters. The molecule has 28 heavy (non-hydrogen) atoms. The van der Waals surface area contributed by atoms with E-state index in [1.807, 2.05) is 6.92 Å². The van der Waals surface area contributed by atoms with E-state index in [-0.39, 0.29) is 28.8 Å². The van der Waals surface area contributed by atoms with Gasteiger partial charge in [-0.05, 0) is 83.7 Å². The smallest absolute Gasteiger partial charge is 0.128 e. The first kappa shape index (κ1) is 20.3. The standard InChI is InChI=1S/C25H38O3/c1-16(14-26)17-8-12-25(5)19-6-7-20-22(2,18(19)9-13-24(17,25)4)11-10-21(28)23(20,3)15-27/h6,9,15-17,20-21,26,28H,7-8,10-14H2,1-5H3/t16?,17-,20-,21+,22-,23-,24-,25+/m1/s1. The molecule has 0 amide bonds. The van der Waals surface area contributed by atoms with Crippen molar-refractivity contribution in [1.29, 1.82) is 0 Å². The van der Waals surface area contributed by atoms with Crippen molar-refractivity contribution in [3.8, 4) is 0 Å². The predicted molar refractivity (Wildman–Crippen MR) is 112 cm³/mol. The summed E-state index contributed by atoms with van der Waals surface area (Å²) in [4.78, 5) is 12.1. The van der Waals surface area contributed by atoms with E-state index in [0.717, 1.165) is 25.5 Å². The Balaban J connectivity index is 1.80. The Morgan fingerprint density at radius 2 is 1.86 bits per heavy atom. The summed E-state index contributed by atoms with van der Waals surface area (Å²) in [6.45, 7) is 11.7. The van der Waals surface area contributed by atoms with Gasteiger partial charge in [0.25, 0.3) is 0 Å². The molecule has 0 spiro atoms. The molecule has 0 aromatic carbocycles. The Kier molecular flexibility index (Phi) is 4.57. The van der Waals surface area contributed by atoms with Crippen LogP contribution in [0.15, 0.2) is 23.3 Å². The van der Waals surface area contributed by atoms with Crippen LogP contribution in [-0.2, 0) is 4.79 Å². The van der Waals surface area contributed by atoms with Gasteiger partial charge in [0.15, 0.2) is 0 Å². The van der Waals surface area contributed by atoms with Gasteiger partial charge in [-0.3, -0.25) is 0 Å².